The lowest BCUT2D eigenvalue weighted by Crippen LogP contribution is -2.62. The minimum atomic E-state index is -1.09. The summed E-state index contributed by atoms with van der Waals surface area (Å²) in [6.07, 6.45) is 5.92. The summed E-state index contributed by atoms with van der Waals surface area (Å²) < 4.78 is 32.4. The minimum Gasteiger partial charge on any atom is -0.430 e. The predicted octanol–water partition coefficient (Wildman–Crippen LogP) is 2.84. The van der Waals surface area contributed by atoms with Gasteiger partial charge in [-0.25, -0.2) is 19.0 Å². The Bertz CT molecular complexity index is 1660. The van der Waals surface area contributed by atoms with E-state index in [4.69, 9.17) is 19.9 Å². The molecule has 1 aromatic heterocycles. The number of hydrogen-bond donors (Lipinski definition) is 2. The molecule has 2 saturated heterocycles. The van der Waals surface area contributed by atoms with Gasteiger partial charge in [0.1, 0.15) is 6.33 Å². The first kappa shape index (κ1) is 37.6. The van der Waals surface area contributed by atoms with Crippen molar-refractivity contribution in [3.8, 4) is 23.1 Å². The highest BCUT2D eigenvalue weighted by Crippen LogP contribution is 2.48. The van der Waals surface area contributed by atoms with E-state index < -0.39 is 35.2 Å². The van der Waals surface area contributed by atoms with Crippen LogP contribution in [-0.4, -0.2) is 107 Å². The van der Waals surface area contributed by atoms with Crippen LogP contribution in [0.15, 0.2) is 24.5 Å². The van der Waals surface area contributed by atoms with Crippen LogP contribution in [0.5, 0.6) is 23.1 Å². The van der Waals surface area contributed by atoms with Crippen LogP contribution in [0.1, 0.15) is 70.7 Å². The molecular formula is C35H47FN8O7. The number of esters is 2. The Hall–Kier alpha value is -4.70. The maximum atomic E-state index is 15.5. The van der Waals surface area contributed by atoms with Crippen LogP contribution in [0.4, 0.5) is 10.2 Å². The molecule has 0 bridgehead atoms. The number of aromatic nitrogens is 3. The number of fused-ring (bicyclic) bond motifs is 1. The van der Waals surface area contributed by atoms with Crippen molar-refractivity contribution in [2.24, 2.45) is 17.1 Å². The number of primary amides is 1. The molecule has 16 heteroatoms. The van der Waals surface area contributed by atoms with Crippen molar-refractivity contribution in [3.05, 3.63) is 35.9 Å². The number of nitrogens with zero attached hydrogens (tertiary/aromatic N) is 6. The zero-order chi connectivity index (χ0) is 36.9. The molecule has 1 spiro atoms. The van der Waals surface area contributed by atoms with Gasteiger partial charge in [0, 0.05) is 68.8 Å². The second kappa shape index (κ2) is 16.1. The third-order valence-electron chi connectivity index (χ3n) is 9.58. The standard InChI is InChI=1S/C35H47FN8O7/c1-6-44(22(4)5)34(48)23-16-24(36)30-31(50-28(47)10-9-27(46)49-30)29(23)51-33-32(39-20-40-41-33)42-15-12-35(17-42)18-43(19-35)25(21(2)3)11-14-38-13-7-8-26(37)45/h9-10,16,20-22,25,38H,6-8,11-15,17-19H2,1-5H3,(H2,37,45)/b10-9+. The van der Waals surface area contributed by atoms with E-state index in [1.807, 2.05) is 18.7 Å². The molecule has 0 saturated carbocycles. The molecule has 5 rings (SSSR count). The first-order valence-electron chi connectivity index (χ1n) is 17.4. The summed E-state index contributed by atoms with van der Waals surface area (Å²) in [5, 5.41) is 11.5. The Morgan fingerprint density at radius 3 is 2.45 bits per heavy atom. The van der Waals surface area contributed by atoms with Crippen molar-refractivity contribution in [3.63, 3.8) is 0 Å². The molecule has 15 nitrogen and oxygen atoms in total. The van der Waals surface area contributed by atoms with E-state index in [2.05, 4.69) is 39.2 Å². The van der Waals surface area contributed by atoms with Crippen LogP contribution < -0.4 is 30.2 Å². The summed E-state index contributed by atoms with van der Waals surface area (Å²) in [7, 11) is 0. The molecule has 0 aliphatic carbocycles. The molecule has 51 heavy (non-hydrogen) atoms. The van der Waals surface area contributed by atoms with Crippen molar-refractivity contribution in [2.45, 2.75) is 72.4 Å². The van der Waals surface area contributed by atoms with Gasteiger partial charge in [-0.3, -0.25) is 14.5 Å². The van der Waals surface area contributed by atoms with Gasteiger partial charge in [-0.2, -0.15) is 0 Å². The monoisotopic (exact) mass is 710 g/mol. The summed E-state index contributed by atoms with van der Waals surface area (Å²) in [5.74, 6) is -4.92. The quantitative estimate of drug-likeness (QED) is 0.157. The van der Waals surface area contributed by atoms with Gasteiger partial charge >= 0.3 is 11.9 Å². The van der Waals surface area contributed by atoms with Crippen LogP contribution in [-0.2, 0) is 14.4 Å². The Balaban J connectivity index is 1.37. The number of hydrogen-bond acceptors (Lipinski definition) is 13. The maximum Gasteiger partial charge on any atom is 0.336 e. The van der Waals surface area contributed by atoms with Gasteiger partial charge in [0.2, 0.25) is 17.4 Å². The number of rotatable bonds is 15. The fourth-order valence-electron chi connectivity index (χ4n) is 7.11. The number of nitrogens with two attached hydrogens (primary N) is 1. The lowest BCUT2D eigenvalue weighted by atomic mass is 9.76. The molecule has 3 aliphatic rings. The summed E-state index contributed by atoms with van der Waals surface area (Å²) in [4.78, 5) is 60.3. The van der Waals surface area contributed by atoms with E-state index in [9.17, 15) is 19.2 Å². The first-order valence-corrected chi connectivity index (χ1v) is 17.4. The van der Waals surface area contributed by atoms with E-state index in [0.717, 1.165) is 63.7 Å². The molecule has 2 amide bonds. The second-order valence-corrected chi connectivity index (χ2v) is 13.9. The Morgan fingerprint density at radius 1 is 1.10 bits per heavy atom. The zero-order valence-corrected chi connectivity index (χ0v) is 29.8. The van der Waals surface area contributed by atoms with Gasteiger partial charge in [0.25, 0.3) is 11.8 Å². The van der Waals surface area contributed by atoms with Gasteiger partial charge in [-0.05, 0) is 65.1 Å². The van der Waals surface area contributed by atoms with Crippen molar-refractivity contribution < 1.29 is 37.8 Å². The van der Waals surface area contributed by atoms with E-state index in [1.54, 1.807) is 6.92 Å². The van der Waals surface area contributed by atoms with Gasteiger partial charge in [0.15, 0.2) is 17.4 Å². The fraction of sp³-hybridized carbons (Fsp3) is 0.571. The summed E-state index contributed by atoms with van der Waals surface area (Å²) in [6, 6.07) is 1.02. The minimum absolute atomic E-state index is 0.0194. The molecule has 2 aromatic rings. The van der Waals surface area contributed by atoms with Gasteiger partial charge in [0.05, 0.1) is 5.56 Å². The van der Waals surface area contributed by atoms with Crippen LogP contribution >= 0.6 is 0 Å². The average molecular weight is 711 g/mol. The summed E-state index contributed by atoms with van der Waals surface area (Å²) >= 11 is 0. The molecule has 1 aromatic carbocycles. The molecule has 3 aliphatic heterocycles. The Kier molecular flexibility index (Phi) is 11.9. The highest BCUT2D eigenvalue weighted by Gasteiger charge is 2.50. The topological polar surface area (TPSA) is 182 Å². The van der Waals surface area contributed by atoms with Crippen LogP contribution in [0.25, 0.3) is 0 Å². The van der Waals surface area contributed by atoms with Crippen molar-refractivity contribution in [2.75, 3.05) is 50.7 Å². The number of amides is 2. The number of carbonyl (C=O) groups excluding carboxylic acids is 4. The predicted molar refractivity (Wildman–Crippen MR) is 184 cm³/mol. The second-order valence-electron chi connectivity index (χ2n) is 13.9. The third kappa shape index (κ3) is 8.61. The van der Waals surface area contributed by atoms with Gasteiger partial charge < -0.3 is 35.1 Å². The number of ether oxygens (including phenoxy) is 3. The third-order valence-corrected chi connectivity index (χ3v) is 9.58. The normalized spacial score (nSPS) is 18.1. The highest BCUT2D eigenvalue weighted by molar-refractivity contribution is 6.01. The molecule has 0 radical (unpaired) electrons. The van der Waals surface area contributed by atoms with E-state index >= 15 is 4.39 Å². The molecular weight excluding hydrogens is 663 g/mol. The van der Waals surface area contributed by atoms with Crippen molar-refractivity contribution in [1.82, 2.24) is 30.3 Å². The summed E-state index contributed by atoms with van der Waals surface area (Å²) in [5.41, 5.74) is 5.00. The van der Waals surface area contributed by atoms with E-state index in [1.165, 1.54) is 11.2 Å². The highest BCUT2D eigenvalue weighted by atomic mass is 19.1. The molecule has 1 atom stereocenters. The van der Waals surface area contributed by atoms with Crippen molar-refractivity contribution in [1.29, 1.82) is 0 Å². The zero-order valence-electron chi connectivity index (χ0n) is 29.8. The van der Waals surface area contributed by atoms with E-state index in [0.29, 0.717) is 43.8 Å². The molecule has 4 heterocycles. The lowest BCUT2D eigenvalue weighted by Gasteiger charge is -2.53. The van der Waals surface area contributed by atoms with Gasteiger partial charge in [-0.1, -0.05) is 13.8 Å². The fourth-order valence-corrected chi connectivity index (χ4v) is 7.11. The Labute approximate surface area is 296 Å². The van der Waals surface area contributed by atoms with Gasteiger partial charge in [-0.15, -0.1) is 10.2 Å². The SMILES string of the molecule is CCN(C(=O)c1cc(F)c2c(c1Oc1nncnc1N1CCC3(C1)CN(C(CCNCCCC(N)=O)C(C)C)C3)OC(=O)/C=C/C(=O)O2)C(C)C. The largest absolute Gasteiger partial charge is 0.430 e. The smallest absolute Gasteiger partial charge is 0.336 e. The maximum absolute atomic E-state index is 15.5. The average Bonchev–Trinajstić information content (AvgIpc) is 3.50. The molecule has 2 fully saturated rings. The van der Waals surface area contributed by atoms with E-state index in [-0.39, 0.29) is 34.6 Å². The number of nitrogens with one attached hydrogen (secondary N) is 1. The Morgan fingerprint density at radius 2 is 1.80 bits per heavy atom. The van der Waals surface area contributed by atoms with Crippen molar-refractivity contribution >= 4 is 29.6 Å². The molecule has 276 valence electrons. The molecule has 3 N–H and O–H groups in total. The number of anilines is 1. The van der Waals surface area contributed by atoms with Crippen LogP contribution in [0.2, 0.25) is 0 Å². The number of benzene rings is 1. The number of carbonyl (C=O) groups is 4. The number of likely N-dealkylation sites (tertiary alicyclic amines) is 1. The lowest BCUT2D eigenvalue weighted by molar-refractivity contribution is -0.133. The summed E-state index contributed by atoms with van der Waals surface area (Å²) in [6.45, 7) is 14.9. The van der Waals surface area contributed by atoms with Crippen LogP contribution in [0.3, 0.4) is 0 Å². The number of halogens is 1. The first-order chi connectivity index (χ1) is 24.3. The van der Waals surface area contributed by atoms with Crippen LogP contribution in [0, 0.1) is 17.2 Å². The molecule has 1 unspecified atom stereocenters.